The van der Waals surface area contributed by atoms with Crippen LogP contribution in [0.15, 0.2) is 47.0 Å². The highest BCUT2D eigenvalue weighted by atomic mass is 16.3. The molecule has 2 rings (SSSR count). The third-order valence-electron chi connectivity index (χ3n) is 5.35. The highest BCUT2D eigenvalue weighted by Crippen LogP contribution is 2.35. The molecule has 0 spiro atoms. The van der Waals surface area contributed by atoms with Crippen molar-refractivity contribution < 1.29 is 20.4 Å². The standard InChI is InChI=1S/C20H30O4/c1-13(9-15-7-8-19(3,23)18(22)11-15)14(2)10-16-5-6-17(21)20(4,24)12-16/h5-7,11,13-14,21-24H,8-10,12H2,1-4H3. The molecule has 0 fully saturated rings. The molecule has 0 aromatic heterocycles. The topological polar surface area (TPSA) is 80.9 Å². The van der Waals surface area contributed by atoms with E-state index in [2.05, 4.69) is 13.8 Å². The van der Waals surface area contributed by atoms with E-state index >= 15 is 0 Å². The molecular formula is C20H30O4. The minimum Gasteiger partial charge on any atom is -0.509 e. The molecule has 4 nitrogen and oxygen atoms in total. The van der Waals surface area contributed by atoms with Gasteiger partial charge in [-0.15, -0.1) is 0 Å². The molecule has 4 heteroatoms. The van der Waals surface area contributed by atoms with Gasteiger partial charge in [-0.1, -0.05) is 31.6 Å². The van der Waals surface area contributed by atoms with Crippen molar-refractivity contribution in [1.82, 2.24) is 0 Å². The quantitative estimate of drug-likeness (QED) is 0.610. The third kappa shape index (κ3) is 4.31. The molecule has 4 N–H and O–H groups in total. The van der Waals surface area contributed by atoms with Crippen molar-refractivity contribution in [2.24, 2.45) is 11.8 Å². The minimum atomic E-state index is -1.17. The number of rotatable bonds is 5. The zero-order valence-electron chi connectivity index (χ0n) is 15.1. The number of hydrogen-bond acceptors (Lipinski definition) is 4. The van der Waals surface area contributed by atoms with E-state index in [9.17, 15) is 20.4 Å². The summed E-state index contributed by atoms with van der Waals surface area (Å²) >= 11 is 0. The Hall–Kier alpha value is -1.52. The van der Waals surface area contributed by atoms with Crippen LogP contribution in [0.1, 0.15) is 53.4 Å². The summed E-state index contributed by atoms with van der Waals surface area (Å²) in [6.07, 6.45) is 9.75. The molecule has 4 unspecified atom stereocenters. The van der Waals surface area contributed by atoms with Crippen LogP contribution in [0.2, 0.25) is 0 Å². The van der Waals surface area contributed by atoms with Crippen molar-refractivity contribution >= 4 is 0 Å². The van der Waals surface area contributed by atoms with Crippen LogP contribution < -0.4 is 0 Å². The van der Waals surface area contributed by atoms with Gasteiger partial charge in [0.1, 0.15) is 22.7 Å². The Bertz CT molecular complexity index is 605. The Kier molecular flexibility index (Phi) is 5.31. The first kappa shape index (κ1) is 18.8. The second-order valence-electron chi connectivity index (χ2n) is 7.98. The SMILES string of the molecule is CC(CC1=CCC(C)(O)C(O)=C1)C(C)CC1=CC=C(O)C(C)(O)C1. The van der Waals surface area contributed by atoms with Gasteiger partial charge in [-0.25, -0.2) is 0 Å². The molecule has 0 aliphatic heterocycles. The average molecular weight is 334 g/mol. The summed E-state index contributed by atoms with van der Waals surface area (Å²) in [6.45, 7) is 7.61. The first-order valence-corrected chi connectivity index (χ1v) is 8.65. The fourth-order valence-corrected chi connectivity index (χ4v) is 3.26. The molecule has 0 amide bonds. The lowest BCUT2D eigenvalue weighted by Crippen LogP contribution is -2.30. The van der Waals surface area contributed by atoms with Crippen LogP contribution >= 0.6 is 0 Å². The molecule has 134 valence electrons. The van der Waals surface area contributed by atoms with Gasteiger partial charge < -0.3 is 20.4 Å². The summed E-state index contributed by atoms with van der Waals surface area (Å²) in [5.41, 5.74) is -0.124. The van der Waals surface area contributed by atoms with Gasteiger partial charge in [-0.05, 0) is 56.3 Å². The van der Waals surface area contributed by atoms with Crippen LogP contribution in [0.4, 0.5) is 0 Å². The molecule has 4 atom stereocenters. The number of aliphatic hydroxyl groups is 4. The van der Waals surface area contributed by atoms with Gasteiger partial charge in [-0.2, -0.15) is 0 Å². The van der Waals surface area contributed by atoms with Crippen molar-refractivity contribution in [3.8, 4) is 0 Å². The summed E-state index contributed by atoms with van der Waals surface area (Å²) in [5, 5.41) is 39.7. The maximum absolute atomic E-state index is 10.2. The maximum Gasteiger partial charge on any atom is 0.124 e. The largest absolute Gasteiger partial charge is 0.509 e. The van der Waals surface area contributed by atoms with Gasteiger partial charge >= 0.3 is 0 Å². The summed E-state index contributed by atoms with van der Waals surface area (Å²) < 4.78 is 0. The van der Waals surface area contributed by atoms with Crippen LogP contribution in [0, 0.1) is 11.8 Å². The van der Waals surface area contributed by atoms with E-state index < -0.39 is 11.2 Å². The highest BCUT2D eigenvalue weighted by molar-refractivity contribution is 5.31. The second-order valence-corrected chi connectivity index (χ2v) is 7.98. The Morgan fingerprint density at radius 1 is 0.958 bits per heavy atom. The monoisotopic (exact) mass is 334 g/mol. The molecule has 0 heterocycles. The van der Waals surface area contributed by atoms with E-state index in [-0.39, 0.29) is 11.5 Å². The number of aliphatic hydroxyl groups excluding tert-OH is 2. The van der Waals surface area contributed by atoms with Crippen LogP contribution in [0.3, 0.4) is 0 Å². The van der Waals surface area contributed by atoms with Crippen molar-refractivity contribution in [3.05, 3.63) is 47.0 Å². The third-order valence-corrected chi connectivity index (χ3v) is 5.35. The fraction of sp³-hybridized carbons (Fsp3) is 0.600. The predicted octanol–water partition coefficient (Wildman–Crippen LogP) is 4.08. The Labute approximate surface area is 144 Å². The minimum absolute atomic E-state index is 0.0203. The molecule has 0 radical (unpaired) electrons. The lowest BCUT2D eigenvalue weighted by atomic mass is 9.79. The summed E-state index contributed by atoms with van der Waals surface area (Å²) in [7, 11) is 0. The van der Waals surface area contributed by atoms with Gasteiger partial charge in [0.15, 0.2) is 0 Å². The van der Waals surface area contributed by atoms with Crippen molar-refractivity contribution in [2.45, 2.75) is 64.6 Å². The van der Waals surface area contributed by atoms with E-state index in [4.69, 9.17) is 0 Å². The van der Waals surface area contributed by atoms with E-state index in [1.807, 2.05) is 12.2 Å². The molecule has 0 bridgehead atoms. The molecule has 0 saturated heterocycles. The summed E-state index contributed by atoms with van der Waals surface area (Å²) in [5.74, 6) is 0.853. The first-order valence-electron chi connectivity index (χ1n) is 8.65. The second kappa shape index (κ2) is 6.77. The normalized spacial score (nSPS) is 33.1. The van der Waals surface area contributed by atoms with Gasteiger partial charge in [0.25, 0.3) is 0 Å². The van der Waals surface area contributed by atoms with E-state index in [1.165, 1.54) is 0 Å². The molecule has 0 saturated carbocycles. The number of allylic oxidation sites excluding steroid dienone is 4. The van der Waals surface area contributed by atoms with Gasteiger partial charge in [0, 0.05) is 12.8 Å². The van der Waals surface area contributed by atoms with E-state index in [1.54, 1.807) is 26.0 Å². The van der Waals surface area contributed by atoms with Crippen LogP contribution in [-0.4, -0.2) is 31.6 Å². The molecular weight excluding hydrogens is 304 g/mol. The molecule has 2 aliphatic rings. The predicted molar refractivity (Wildman–Crippen MR) is 95.6 cm³/mol. The van der Waals surface area contributed by atoms with Crippen LogP contribution in [0.25, 0.3) is 0 Å². The van der Waals surface area contributed by atoms with Crippen molar-refractivity contribution in [2.75, 3.05) is 0 Å². The van der Waals surface area contributed by atoms with Crippen molar-refractivity contribution in [3.63, 3.8) is 0 Å². The Morgan fingerprint density at radius 3 is 2.17 bits per heavy atom. The molecule has 0 aromatic carbocycles. The fourth-order valence-electron chi connectivity index (χ4n) is 3.26. The van der Waals surface area contributed by atoms with Gasteiger partial charge in [-0.3, -0.25) is 0 Å². The average Bonchev–Trinajstić information content (AvgIpc) is 2.47. The van der Waals surface area contributed by atoms with E-state index in [0.29, 0.717) is 24.7 Å². The van der Waals surface area contributed by atoms with Gasteiger partial charge in [0.05, 0.1) is 0 Å². The molecule has 0 aromatic rings. The first-order chi connectivity index (χ1) is 11.0. The summed E-state index contributed by atoms with van der Waals surface area (Å²) in [4.78, 5) is 0. The smallest absolute Gasteiger partial charge is 0.124 e. The number of hydrogen-bond donors (Lipinski definition) is 4. The zero-order valence-corrected chi connectivity index (χ0v) is 15.1. The lowest BCUT2D eigenvalue weighted by molar-refractivity contribution is 0.0499. The lowest BCUT2D eigenvalue weighted by Gasteiger charge is -2.30. The van der Waals surface area contributed by atoms with Gasteiger partial charge in [0.2, 0.25) is 0 Å². The van der Waals surface area contributed by atoms with Crippen LogP contribution in [-0.2, 0) is 0 Å². The molecule has 2 aliphatic carbocycles. The molecule has 24 heavy (non-hydrogen) atoms. The highest BCUT2D eigenvalue weighted by Gasteiger charge is 2.31. The van der Waals surface area contributed by atoms with E-state index in [0.717, 1.165) is 24.0 Å². The Balaban J connectivity index is 1.94. The Morgan fingerprint density at radius 2 is 1.58 bits per heavy atom. The maximum atomic E-state index is 10.2. The summed E-state index contributed by atoms with van der Waals surface area (Å²) in [6, 6.07) is 0. The van der Waals surface area contributed by atoms with Crippen LogP contribution in [0.5, 0.6) is 0 Å². The zero-order chi connectivity index (χ0) is 18.1. The van der Waals surface area contributed by atoms with Crippen molar-refractivity contribution in [1.29, 1.82) is 0 Å².